The lowest BCUT2D eigenvalue weighted by Gasteiger charge is -2.24. The van der Waals surface area contributed by atoms with E-state index < -0.39 is 0 Å². The Bertz CT molecular complexity index is 4430. The smallest absolute Gasteiger partial charge is 0.0159 e. The third-order valence-corrected chi connectivity index (χ3v) is 18.0. The van der Waals surface area contributed by atoms with Crippen molar-refractivity contribution in [1.82, 2.24) is 0 Å². The summed E-state index contributed by atoms with van der Waals surface area (Å²) in [5.74, 6) is 0. The Balaban J connectivity index is 0.856. The molecule has 0 aliphatic heterocycles. The van der Waals surface area contributed by atoms with Crippen LogP contribution in [0.25, 0.3) is 142 Å². The highest BCUT2D eigenvalue weighted by Gasteiger charge is 2.41. The van der Waals surface area contributed by atoms with E-state index in [1.165, 1.54) is 164 Å². The SMILES string of the molecule is CC1(C)c2cc(-c3c4ccccc4c(-c4cccc5ccccc45)c4ccccc34)ccc2-c2c1ccc1c3c(ccc21)C(C)(C)c1cc(-c2c4ccccc4c(-c4cccc5ccccc45)c4ccccc24)ccc1-3. The van der Waals surface area contributed by atoms with Crippen molar-refractivity contribution >= 4 is 75.4 Å². The van der Waals surface area contributed by atoms with Crippen LogP contribution in [0.15, 0.2) is 243 Å². The third kappa shape index (κ3) is 5.85. The Hall–Kier alpha value is -9.10. The molecule has 0 atom stereocenters. The fraction of sp³-hybridized carbons (Fsp3) is 0.0789. The van der Waals surface area contributed by atoms with Crippen LogP contribution in [-0.2, 0) is 10.8 Å². The molecule has 14 aromatic carbocycles. The van der Waals surface area contributed by atoms with Crippen LogP contribution in [0.4, 0.5) is 0 Å². The van der Waals surface area contributed by atoms with Gasteiger partial charge in [-0.25, -0.2) is 0 Å². The highest BCUT2D eigenvalue weighted by molar-refractivity contribution is 6.25. The van der Waals surface area contributed by atoms with Gasteiger partial charge in [0.05, 0.1) is 0 Å². The average molecular weight is 965 g/mol. The second-order valence-corrected chi connectivity index (χ2v) is 22.6. The van der Waals surface area contributed by atoms with E-state index in [2.05, 4.69) is 270 Å². The zero-order chi connectivity index (χ0) is 50.6. The summed E-state index contributed by atoms with van der Waals surface area (Å²) >= 11 is 0. The molecule has 0 N–H and O–H groups in total. The van der Waals surface area contributed by atoms with Crippen molar-refractivity contribution in [3.63, 3.8) is 0 Å². The maximum absolute atomic E-state index is 2.53. The van der Waals surface area contributed by atoms with Crippen LogP contribution >= 0.6 is 0 Å². The molecule has 0 amide bonds. The number of benzene rings is 14. The van der Waals surface area contributed by atoms with Gasteiger partial charge in [-0.05, 0) is 177 Å². The van der Waals surface area contributed by atoms with Gasteiger partial charge in [0.2, 0.25) is 0 Å². The second kappa shape index (κ2) is 15.7. The Labute approximate surface area is 443 Å². The quantitative estimate of drug-likeness (QED) is 0.154. The van der Waals surface area contributed by atoms with Gasteiger partial charge in [0.1, 0.15) is 0 Å². The molecule has 0 heteroatoms. The predicted molar refractivity (Wildman–Crippen MR) is 326 cm³/mol. The molecule has 356 valence electrons. The molecule has 0 radical (unpaired) electrons. The molecule has 0 aromatic heterocycles. The molecule has 0 saturated carbocycles. The largest absolute Gasteiger partial charge is 0.0616 e. The molecule has 0 fully saturated rings. The van der Waals surface area contributed by atoms with Crippen molar-refractivity contribution in [2.45, 2.75) is 38.5 Å². The molecule has 0 nitrogen and oxygen atoms in total. The first-order valence-corrected chi connectivity index (χ1v) is 27.0. The van der Waals surface area contributed by atoms with Crippen molar-refractivity contribution < 1.29 is 0 Å². The maximum Gasteiger partial charge on any atom is 0.0159 e. The molecular formula is C76H52. The minimum absolute atomic E-state index is 0.205. The summed E-state index contributed by atoms with van der Waals surface area (Å²) in [4.78, 5) is 0. The Kier molecular flexibility index (Phi) is 8.96. The van der Waals surface area contributed by atoms with Crippen molar-refractivity contribution in [3.8, 4) is 66.8 Å². The van der Waals surface area contributed by atoms with Crippen molar-refractivity contribution in [3.05, 3.63) is 265 Å². The van der Waals surface area contributed by atoms with E-state index in [4.69, 9.17) is 0 Å². The molecule has 14 aromatic rings. The van der Waals surface area contributed by atoms with E-state index >= 15 is 0 Å². The summed E-state index contributed by atoms with van der Waals surface area (Å²) in [6, 6.07) is 91.9. The van der Waals surface area contributed by atoms with Gasteiger partial charge in [0.15, 0.2) is 0 Å². The molecule has 2 aliphatic carbocycles. The van der Waals surface area contributed by atoms with Gasteiger partial charge in [-0.1, -0.05) is 258 Å². The number of rotatable bonds is 4. The van der Waals surface area contributed by atoms with Crippen LogP contribution in [0.2, 0.25) is 0 Å². The Morgan fingerprint density at radius 2 is 0.487 bits per heavy atom. The second-order valence-electron chi connectivity index (χ2n) is 22.6. The van der Waals surface area contributed by atoms with Crippen molar-refractivity contribution in [1.29, 1.82) is 0 Å². The Morgan fingerprint density at radius 1 is 0.197 bits per heavy atom. The summed E-state index contributed by atoms with van der Waals surface area (Å²) in [5, 5.41) is 18.0. The lowest BCUT2D eigenvalue weighted by Crippen LogP contribution is -2.15. The minimum Gasteiger partial charge on any atom is -0.0616 e. The topological polar surface area (TPSA) is 0 Å². The molecular weight excluding hydrogens is 913 g/mol. The van der Waals surface area contributed by atoms with Gasteiger partial charge in [0, 0.05) is 10.8 Å². The molecule has 16 rings (SSSR count). The summed E-state index contributed by atoms with van der Waals surface area (Å²) in [5.41, 5.74) is 20.9. The monoisotopic (exact) mass is 964 g/mol. The van der Waals surface area contributed by atoms with Crippen LogP contribution in [0.3, 0.4) is 0 Å². The normalized spacial score (nSPS) is 14.0. The maximum atomic E-state index is 2.53. The zero-order valence-electron chi connectivity index (χ0n) is 43.1. The highest BCUT2D eigenvalue weighted by Crippen LogP contribution is 2.58. The standard InChI is InChI=1S/C76H52/c1-75(2)65-41-39-62-61(73(65)63-37-35-47(43-67(63)75)69-53-25-9-13-29-57(53)71(58-30-14-10-26-54(58)69)51-33-17-21-45-19-5-7-23-49(45)51)40-42-66-74(62)64-38-36-48(44-68(64)76(66,3)4)70-55-27-11-15-31-59(55)72(60-32-16-12-28-56(60)70)52-34-18-22-46-20-6-8-24-50(46)52/h5-44H,1-4H3. The summed E-state index contributed by atoms with van der Waals surface area (Å²) in [6.07, 6.45) is 0. The fourth-order valence-electron chi connectivity index (χ4n) is 14.5. The molecule has 0 saturated heterocycles. The predicted octanol–water partition coefficient (Wildman–Crippen LogP) is 21.0. The first-order chi connectivity index (χ1) is 37.3. The van der Waals surface area contributed by atoms with Crippen molar-refractivity contribution in [2.75, 3.05) is 0 Å². The van der Waals surface area contributed by atoms with E-state index in [1.807, 2.05) is 0 Å². The number of hydrogen-bond acceptors (Lipinski definition) is 0. The molecule has 0 heterocycles. The van der Waals surface area contributed by atoms with E-state index in [0.717, 1.165) is 0 Å². The third-order valence-electron chi connectivity index (χ3n) is 18.0. The van der Waals surface area contributed by atoms with E-state index in [9.17, 15) is 0 Å². The van der Waals surface area contributed by atoms with Crippen LogP contribution in [0, 0.1) is 0 Å². The summed E-state index contributed by atoms with van der Waals surface area (Å²) < 4.78 is 0. The number of fused-ring (bicyclic) bond motifs is 15. The van der Waals surface area contributed by atoms with Gasteiger partial charge in [-0.2, -0.15) is 0 Å². The Morgan fingerprint density at radius 3 is 0.842 bits per heavy atom. The van der Waals surface area contributed by atoms with Crippen LogP contribution < -0.4 is 0 Å². The first kappa shape index (κ1) is 43.3. The minimum atomic E-state index is -0.205. The van der Waals surface area contributed by atoms with Crippen LogP contribution in [-0.4, -0.2) is 0 Å². The highest BCUT2D eigenvalue weighted by atomic mass is 14.4. The molecule has 0 bridgehead atoms. The van der Waals surface area contributed by atoms with Crippen LogP contribution in [0.1, 0.15) is 49.9 Å². The molecule has 76 heavy (non-hydrogen) atoms. The van der Waals surface area contributed by atoms with E-state index in [1.54, 1.807) is 0 Å². The van der Waals surface area contributed by atoms with Gasteiger partial charge < -0.3 is 0 Å². The first-order valence-electron chi connectivity index (χ1n) is 27.0. The van der Waals surface area contributed by atoms with Gasteiger partial charge >= 0.3 is 0 Å². The lowest BCUT2D eigenvalue weighted by atomic mass is 9.79. The van der Waals surface area contributed by atoms with Gasteiger partial charge in [-0.15, -0.1) is 0 Å². The average Bonchev–Trinajstić information content (AvgIpc) is 3.84. The van der Waals surface area contributed by atoms with Gasteiger partial charge in [0.25, 0.3) is 0 Å². The molecule has 0 spiro atoms. The van der Waals surface area contributed by atoms with E-state index in [-0.39, 0.29) is 10.8 Å². The molecule has 0 unspecified atom stereocenters. The van der Waals surface area contributed by atoms with Gasteiger partial charge in [-0.3, -0.25) is 0 Å². The number of hydrogen-bond donors (Lipinski definition) is 0. The van der Waals surface area contributed by atoms with Crippen molar-refractivity contribution in [2.24, 2.45) is 0 Å². The summed E-state index contributed by atoms with van der Waals surface area (Å²) in [6.45, 7) is 9.73. The fourth-order valence-corrected chi connectivity index (χ4v) is 14.5. The lowest BCUT2D eigenvalue weighted by molar-refractivity contribution is 0.660. The zero-order valence-corrected chi connectivity index (χ0v) is 43.1. The summed E-state index contributed by atoms with van der Waals surface area (Å²) in [7, 11) is 0. The van der Waals surface area contributed by atoms with Crippen LogP contribution in [0.5, 0.6) is 0 Å². The molecule has 2 aliphatic rings. The van der Waals surface area contributed by atoms with E-state index in [0.29, 0.717) is 0 Å².